The molecule has 3 heteroatoms. The van der Waals surface area contributed by atoms with Gasteiger partial charge in [0.25, 0.3) is 0 Å². The normalized spacial score (nSPS) is 22.6. The Morgan fingerprint density at radius 3 is 2.94 bits per heavy atom. The van der Waals surface area contributed by atoms with E-state index in [0.29, 0.717) is 6.04 Å². The van der Waals surface area contributed by atoms with Crippen LogP contribution in [0.5, 0.6) is 0 Å². The number of aryl methyl sites for hydroxylation is 2. The number of piperidine rings is 1. The highest BCUT2D eigenvalue weighted by molar-refractivity contribution is 7.12. The highest BCUT2D eigenvalue weighted by atomic mass is 32.1. The van der Waals surface area contributed by atoms with Crippen LogP contribution in [-0.4, -0.2) is 19.6 Å². The third-order valence-electron chi connectivity index (χ3n) is 3.66. The average molecular weight is 252 g/mol. The molecule has 2 unspecified atom stereocenters. The summed E-state index contributed by atoms with van der Waals surface area (Å²) in [5.74, 6) is 0.811. The standard InChI is InChI=1S/C14H24N2S/c1-10-7-14(12(3)17-10)11(2)16-9-13-5-4-6-15-8-13/h7,11,13,15-16H,4-6,8-9H2,1-3H3. The van der Waals surface area contributed by atoms with Crippen LogP contribution in [0, 0.1) is 19.8 Å². The van der Waals surface area contributed by atoms with Crippen molar-refractivity contribution in [2.75, 3.05) is 19.6 Å². The van der Waals surface area contributed by atoms with Crippen LogP contribution in [0.4, 0.5) is 0 Å². The molecule has 2 N–H and O–H groups in total. The van der Waals surface area contributed by atoms with Crippen molar-refractivity contribution >= 4 is 11.3 Å². The van der Waals surface area contributed by atoms with Crippen molar-refractivity contribution in [3.05, 3.63) is 21.4 Å². The summed E-state index contributed by atoms with van der Waals surface area (Å²) in [7, 11) is 0. The summed E-state index contributed by atoms with van der Waals surface area (Å²) in [6.45, 7) is 10.2. The summed E-state index contributed by atoms with van der Waals surface area (Å²) in [6.07, 6.45) is 2.70. The maximum atomic E-state index is 3.69. The van der Waals surface area contributed by atoms with Crippen molar-refractivity contribution in [3.8, 4) is 0 Å². The molecule has 0 saturated carbocycles. The molecule has 1 aromatic rings. The van der Waals surface area contributed by atoms with Gasteiger partial charge in [0.2, 0.25) is 0 Å². The molecule has 1 saturated heterocycles. The van der Waals surface area contributed by atoms with E-state index in [1.165, 1.54) is 41.2 Å². The molecule has 96 valence electrons. The van der Waals surface area contributed by atoms with Gasteiger partial charge in [0.05, 0.1) is 0 Å². The van der Waals surface area contributed by atoms with Crippen molar-refractivity contribution in [1.82, 2.24) is 10.6 Å². The van der Waals surface area contributed by atoms with E-state index in [1.807, 2.05) is 11.3 Å². The van der Waals surface area contributed by atoms with E-state index in [2.05, 4.69) is 37.5 Å². The fraction of sp³-hybridized carbons (Fsp3) is 0.714. The molecule has 2 atom stereocenters. The highest BCUT2D eigenvalue weighted by Crippen LogP contribution is 2.26. The SMILES string of the molecule is Cc1cc(C(C)NCC2CCCNC2)c(C)s1. The molecule has 0 bridgehead atoms. The molecule has 0 aromatic carbocycles. The topological polar surface area (TPSA) is 24.1 Å². The zero-order chi connectivity index (χ0) is 12.3. The van der Waals surface area contributed by atoms with Crippen molar-refractivity contribution in [1.29, 1.82) is 0 Å². The molecule has 2 heterocycles. The van der Waals surface area contributed by atoms with Crippen molar-refractivity contribution < 1.29 is 0 Å². The molecule has 2 rings (SSSR count). The summed E-state index contributed by atoms with van der Waals surface area (Å²) in [5, 5.41) is 7.17. The van der Waals surface area contributed by atoms with Gasteiger partial charge in [0.1, 0.15) is 0 Å². The molecule has 1 aliphatic rings. The second-order valence-electron chi connectivity index (χ2n) is 5.21. The maximum Gasteiger partial charge on any atom is 0.0302 e. The van der Waals surface area contributed by atoms with Crippen LogP contribution in [0.3, 0.4) is 0 Å². The lowest BCUT2D eigenvalue weighted by Crippen LogP contribution is -2.36. The Bertz CT molecular complexity index is 353. The minimum absolute atomic E-state index is 0.488. The average Bonchev–Trinajstić information content (AvgIpc) is 2.67. The van der Waals surface area contributed by atoms with Gasteiger partial charge in [-0.15, -0.1) is 11.3 Å². The molecular weight excluding hydrogens is 228 g/mol. The molecule has 1 aliphatic heterocycles. The first kappa shape index (κ1) is 13.1. The molecule has 0 radical (unpaired) electrons. The Kier molecular flexibility index (Phi) is 4.60. The molecule has 0 aliphatic carbocycles. The van der Waals surface area contributed by atoms with E-state index >= 15 is 0 Å². The quantitative estimate of drug-likeness (QED) is 0.861. The molecule has 2 nitrogen and oxygen atoms in total. The zero-order valence-electron chi connectivity index (χ0n) is 11.2. The fourth-order valence-electron chi connectivity index (χ4n) is 2.63. The lowest BCUT2D eigenvalue weighted by Gasteiger charge is -2.25. The predicted octanol–water partition coefficient (Wildman–Crippen LogP) is 3.02. The number of rotatable bonds is 4. The largest absolute Gasteiger partial charge is 0.316 e. The van der Waals surface area contributed by atoms with Crippen LogP contribution in [0.25, 0.3) is 0 Å². The van der Waals surface area contributed by atoms with Crippen LogP contribution < -0.4 is 10.6 Å². The zero-order valence-corrected chi connectivity index (χ0v) is 12.0. The van der Waals surface area contributed by atoms with Gasteiger partial charge in [0, 0.05) is 15.8 Å². The van der Waals surface area contributed by atoms with Crippen LogP contribution in [0.2, 0.25) is 0 Å². The van der Waals surface area contributed by atoms with Gasteiger partial charge < -0.3 is 10.6 Å². The van der Waals surface area contributed by atoms with E-state index in [1.54, 1.807) is 0 Å². The van der Waals surface area contributed by atoms with E-state index < -0.39 is 0 Å². The van der Waals surface area contributed by atoms with E-state index in [0.717, 1.165) is 12.5 Å². The van der Waals surface area contributed by atoms with Crippen LogP contribution in [0.15, 0.2) is 6.07 Å². The first-order chi connectivity index (χ1) is 8.16. The van der Waals surface area contributed by atoms with Crippen LogP contribution >= 0.6 is 11.3 Å². The fourth-order valence-corrected chi connectivity index (χ4v) is 3.65. The summed E-state index contributed by atoms with van der Waals surface area (Å²) in [5.41, 5.74) is 1.48. The third kappa shape index (κ3) is 3.54. The minimum Gasteiger partial charge on any atom is -0.316 e. The maximum absolute atomic E-state index is 3.69. The highest BCUT2D eigenvalue weighted by Gasteiger charge is 2.15. The predicted molar refractivity (Wildman–Crippen MR) is 75.8 cm³/mol. The van der Waals surface area contributed by atoms with Gasteiger partial charge in [-0.25, -0.2) is 0 Å². The minimum atomic E-state index is 0.488. The molecule has 0 amide bonds. The molecular formula is C14H24N2S. The molecule has 1 fully saturated rings. The van der Waals surface area contributed by atoms with Crippen molar-refractivity contribution in [2.45, 2.75) is 39.7 Å². The first-order valence-electron chi connectivity index (χ1n) is 6.68. The smallest absolute Gasteiger partial charge is 0.0302 e. The Balaban J connectivity index is 1.84. The van der Waals surface area contributed by atoms with Gasteiger partial charge in [-0.05, 0) is 70.8 Å². The Morgan fingerprint density at radius 2 is 2.35 bits per heavy atom. The Hall–Kier alpha value is -0.380. The summed E-state index contributed by atoms with van der Waals surface area (Å²) in [6, 6.07) is 2.82. The number of hydrogen-bond donors (Lipinski definition) is 2. The number of thiophene rings is 1. The van der Waals surface area contributed by atoms with E-state index in [4.69, 9.17) is 0 Å². The second kappa shape index (κ2) is 5.98. The summed E-state index contributed by atoms with van der Waals surface area (Å²) < 4.78 is 0. The van der Waals surface area contributed by atoms with Gasteiger partial charge in [0.15, 0.2) is 0 Å². The third-order valence-corrected chi connectivity index (χ3v) is 4.64. The van der Waals surface area contributed by atoms with Gasteiger partial charge in [-0.2, -0.15) is 0 Å². The number of hydrogen-bond acceptors (Lipinski definition) is 3. The van der Waals surface area contributed by atoms with Gasteiger partial charge >= 0.3 is 0 Å². The molecule has 0 spiro atoms. The lowest BCUT2D eigenvalue weighted by atomic mass is 9.99. The Morgan fingerprint density at radius 1 is 1.53 bits per heavy atom. The van der Waals surface area contributed by atoms with E-state index in [9.17, 15) is 0 Å². The lowest BCUT2D eigenvalue weighted by molar-refractivity contribution is 0.348. The molecule has 1 aromatic heterocycles. The molecule has 17 heavy (non-hydrogen) atoms. The van der Waals surface area contributed by atoms with Gasteiger partial charge in [-0.3, -0.25) is 0 Å². The second-order valence-corrected chi connectivity index (χ2v) is 6.67. The van der Waals surface area contributed by atoms with E-state index in [-0.39, 0.29) is 0 Å². The van der Waals surface area contributed by atoms with Gasteiger partial charge in [-0.1, -0.05) is 0 Å². The first-order valence-corrected chi connectivity index (χ1v) is 7.49. The van der Waals surface area contributed by atoms with Crippen LogP contribution in [0.1, 0.15) is 41.1 Å². The van der Waals surface area contributed by atoms with Crippen molar-refractivity contribution in [3.63, 3.8) is 0 Å². The van der Waals surface area contributed by atoms with Crippen LogP contribution in [-0.2, 0) is 0 Å². The Labute approximate surface area is 109 Å². The van der Waals surface area contributed by atoms with Crippen molar-refractivity contribution in [2.24, 2.45) is 5.92 Å². The summed E-state index contributed by atoms with van der Waals surface area (Å²) >= 11 is 1.91. The summed E-state index contributed by atoms with van der Waals surface area (Å²) in [4.78, 5) is 2.88. The number of nitrogens with one attached hydrogen (secondary N) is 2. The monoisotopic (exact) mass is 252 g/mol.